The van der Waals surface area contributed by atoms with Gasteiger partial charge in [-0.3, -0.25) is 5.41 Å². The quantitative estimate of drug-likeness (QED) is 0.634. The maximum absolute atomic E-state index is 13.3. The van der Waals surface area contributed by atoms with Gasteiger partial charge >= 0.3 is 0 Å². The molecule has 1 atom stereocenters. The van der Waals surface area contributed by atoms with E-state index in [0.717, 1.165) is 19.4 Å². The summed E-state index contributed by atoms with van der Waals surface area (Å²) >= 11 is 0. The Morgan fingerprint density at radius 2 is 2.26 bits per heavy atom. The lowest BCUT2D eigenvalue weighted by Crippen LogP contribution is -2.24. The second-order valence-corrected chi connectivity index (χ2v) is 4.77. The van der Waals surface area contributed by atoms with Crippen molar-refractivity contribution in [3.63, 3.8) is 0 Å². The summed E-state index contributed by atoms with van der Waals surface area (Å²) in [4.78, 5) is 0. The molecule has 5 heteroatoms. The first-order valence-corrected chi connectivity index (χ1v) is 6.48. The summed E-state index contributed by atoms with van der Waals surface area (Å²) in [7, 11) is 0. The summed E-state index contributed by atoms with van der Waals surface area (Å²) in [6, 6.07) is 4.32. The van der Waals surface area contributed by atoms with E-state index in [4.69, 9.17) is 20.6 Å². The second-order valence-electron chi connectivity index (χ2n) is 4.77. The Morgan fingerprint density at radius 1 is 1.42 bits per heavy atom. The molecule has 1 fully saturated rings. The molecular weight excluding hydrogens is 247 g/mol. The molecule has 3 N–H and O–H groups in total. The molecule has 19 heavy (non-hydrogen) atoms. The van der Waals surface area contributed by atoms with Crippen LogP contribution in [0.2, 0.25) is 0 Å². The number of nitrogens with two attached hydrogens (primary N) is 1. The van der Waals surface area contributed by atoms with Gasteiger partial charge in [0.05, 0.1) is 19.3 Å². The van der Waals surface area contributed by atoms with E-state index < -0.39 is 5.82 Å². The molecule has 1 aromatic rings. The number of hydrogen-bond donors (Lipinski definition) is 2. The van der Waals surface area contributed by atoms with Crippen LogP contribution in [0.4, 0.5) is 4.39 Å². The Kier molecular flexibility index (Phi) is 4.87. The van der Waals surface area contributed by atoms with Crippen LogP contribution < -0.4 is 5.73 Å². The maximum Gasteiger partial charge on any atom is 0.124 e. The molecule has 1 heterocycles. The molecule has 0 spiro atoms. The Morgan fingerprint density at radius 3 is 2.95 bits per heavy atom. The fourth-order valence-electron chi connectivity index (χ4n) is 2.14. The molecule has 104 valence electrons. The van der Waals surface area contributed by atoms with Crippen molar-refractivity contribution in [1.82, 2.24) is 0 Å². The highest BCUT2D eigenvalue weighted by molar-refractivity contribution is 5.95. The van der Waals surface area contributed by atoms with Crippen LogP contribution in [-0.2, 0) is 16.1 Å². The van der Waals surface area contributed by atoms with E-state index in [1.54, 1.807) is 6.07 Å². The highest BCUT2D eigenvalue weighted by Gasteiger charge is 2.13. The molecule has 2 rings (SSSR count). The zero-order chi connectivity index (χ0) is 13.7. The summed E-state index contributed by atoms with van der Waals surface area (Å²) in [5, 5.41) is 7.32. The smallest absolute Gasteiger partial charge is 0.124 e. The van der Waals surface area contributed by atoms with Gasteiger partial charge in [-0.25, -0.2) is 4.39 Å². The fraction of sp³-hybridized carbons (Fsp3) is 0.500. The predicted molar refractivity (Wildman–Crippen MR) is 70.7 cm³/mol. The maximum atomic E-state index is 13.3. The van der Waals surface area contributed by atoms with E-state index in [1.165, 1.54) is 18.6 Å². The number of ether oxygens (including phenoxy) is 2. The largest absolute Gasteiger partial charge is 0.384 e. The van der Waals surface area contributed by atoms with E-state index in [9.17, 15) is 4.39 Å². The fourth-order valence-corrected chi connectivity index (χ4v) is 2.14. The van der Waals surface area contributed by atoms with E-state index in [0.29, 0.717) is 24.3 Å². The Labute approximate surface area is 112 Å². The minimum atomic E-state index is -0.403. The first kappa shape index (κ1) is 14.0. The van der Waals surface area contributed by atoms with E-state index >= 15 is 0 Å². The molecule has 1 aliphatic heterocycles. The summed E-state index contributed by atoms with van der Waals surface area (Å²) in [6.07, 6.45) is 3.45. The van der Waals surface area contributed by atoms with Gasteiger partial charge in [-0.1, -0.05) is 0 Å². The molecule has 1 aromatic carbocycles. The number of rotatable bonds is 5. The summed E-state index contributed by atoms with van der Waals surface area (Å²) in [5.74, 6) is -0.545. The Hall–Kier alpha value is -1.46. The van der Waals surface area contributed by atoms with Gasteiger partial charge in [-0.2, -0.15) is 0 Å². The van der Waals surface area contributed by atoms with E-state index in [2.05, 4.69) is 0 Å². The average Bonchev–Trinajstić information content (AvgIpc) is 2.39. The first-order chi connectivity index (χ1) is 9.15. The van der Waals surface area contributed by atoms with Crippen LogP contribution in [0.1, 0.15) is 30.4 Å². The Bertz CT molecular complexity index is 445. The zero-order valence-electron chi connectivity index (χ0n) is 10.8. The van der Waals surface area contributed by atoms with Crippen LogP contribution >= 0.6 is 0 Å². The standard InChI is InChI=1S/C14H19FN2O2/c15-12-6-10(5-11(7-12)14(16)17)8-18-9-13-3-1-2-4-19-13/h5-7,13H,1-4,8-9H2,(H3,16,17). The van der Waals surface area contributed by atoms with Gasteiger partial charge in [0.25, 0.3) is 0 Å². The highest BCUT2D eigenvalue weighted by atomic mass is 19.1. The van der Waals surface area contributed by atoms with Crippen LogP contribution in [-0.4, -0.2) is 25.2 Å². The van der Waals surface area contributed by atoms with Crippen molar-refractivity contribution in [2.75, 3.05) is 13.2 Å². The number of hydrogen-bond acceptors (Lipinski definition) is 3. The van der Waals surface area contributed by atoms with Crippen molar-refractivity contribution in [1.29, 1.82) is 5.41 Å². The lowest BCUT2D eigenvalue weighted by molar-refractivity contribution is -0.0447. The van der Waals surface area contributed by atoms with Crippen LogP contribution in [0, 0.1) is 11.2 Å². The third kappa shape index (κ3) is 4.29. The first-order valence-electron chi connectivity index (χ1n) is 6.48. The summed E-state index contributed by atoms with van der Waals surface area (Å²) in [5.41, 5.74) is 6.42. The number of nitrogens with one attached hydrogen (secondary N) is 1. The molecule has 0 bridgehead atoms. The molecular formula is C14H19FN2O2. The van der Waals surface area contributed by atoms with Crippen molar-refractivity contribution >= 4 is 5.84 Å². The summed E-state index contributed by atoms with van der Waals surface area (Å²) < 4.78 is 24.4. The average molecular weight is 266 g/mol. The molecule has 1 unspecified atom stereocenters. The molecule has 1 aliphatic rings. The summed E-state index contributed by atoms with van der Waals surface area (Å²) in [6.45, 7) is 1.62. The van der Waals surface area contributed by atoms with Gasteiger partial charge in [-0.15, -0.1) is 0 Å². The second kappa shape index (κ2) is 6.63. The van der Waals surface area contributed by atoms with Gasteiger partial charge in [0.15, 0.2) is 0 Å². The van der Waals surface area contributed by atoms with Gasteiger partial charge < -0.3 is 15.2 Å². The predicted octanol–water partition coefficient (Wildman–Crippen LogP) is 2.20. The number of benzene rings is 1. The van der Waals surface area contributed by atoms with Crippen molar-refractivity contribution < 1.29 is 13.9 Å². The van der Waals surface area contributed by atoms with Gasteiger partial charge in [-0.05, 0) is 43.0 Å². The topological polar surface area (TPSA) is 68.3 Å². The van der Waals surface area contributed by atoms with Crippen molar-refractivity contribution in [2.45, 2.75) is 32.0 Å². The van der Waals surface area contributed by atoms with Crippen molar-refractivity contribution in [2.24, 2.45) is 5.73 Å². The zero-order valence-corrected chi connectivity index (χ0v) is 10.8. The molecule has 0 amide bonds. The number of nitrogen functional groups attached to an aromatic ring is 1. The third-order valence-electron chi connectivity index (χ3n) is 3.12. The van der Waals surface area contributed by atoms with Gasteiger partial charge in [0.1, 0.15) is 11.7 Å². The highest BCUT2D eigenvalue weighted by Crippen LogP contribution is 2.14. The lowest BCUT2D eigenvalue weighted by atomic mass is 10.1. The molecule has 0 saturated carbocycles. The Balaban J connectivity index is 1.86. The third-order valence-corrected chi connectivity index (χ3v) is 3.12. The molecule has 4 nitrogen and oxygen atoms in total. The normalized spacial score (nSPS) is 19.3. The minimum absolute atomic E-state index is 0.142. The van der Waals surface area contributed by atoms with Crippen molar-refractivity contribution in [3.8, 4) is 0 Å². The van der Waals surface area contributed by atoms with Crippen LogP contribution in [0.5, 0.6) is 0 Å². The molecule has 0 aromatic heterocycles. The SMILES string of the molecule is N=C(N)c1cc(F)cc(COCC2CCCCO2)c1. The van der Waals surface area contributed by atoms with Crippen LogP contribution in [0.15, 0.2) is 18.2 Å². The van der Waals surface area contributed by atoms with E-state index in [1.807, 2.05) is 0 Å². The molecule has 0 aliphatic carbocycles. The molecule has 0 radical (unpaired) electrons. The van der Waals surface area contributed by atoms with Crippen molar-refractivity contribution in [3.05, 3.63) is 35.1 Å². The van der Waals surface area contributed by atoms with Gasteiger partial charge in [0, 0.05) is 12.2 Å². The van der Waals surface area contributed by atoms with E-state index in [-0.39, 0.29) is 11.9 Å². The van der Waals surface area contributed by atoms with Crippen LogP contribution in [0.3, 0.4) is 0 Å². The minimum Gasteiger partial charge on any atom is -0.384 e. The van der Waals surface area contributed by atoms with Gasteiger partial charge in [0.2, 0.25) is 0 Å². The monoisotopic (exact) mass is 266 g/mol. The number of halogens is 1. The van der Waals surface area contributed by atoms with Crippen LogP contribution in [0.25, 0.3) is 0 Å². The molecule has 1 saturated heterocycles. The number of amidine groups is 1. The lowest BCUT2D eigenvalue weighted by Gasteiger charge is -2.22.